The summed E-state index contributed by atoms with van der Waals surface area (Å²) in [5.74, 6) is 0.657. The Balaban J connectivity index is 1.54. The number of hydrogen-bond acceptors (Lipinski definition) is 3. The number of rotatable bonds is 3. The van der Waals surface area contributed by atoms with Crippen LogP contribution in [0.25, 0.3) is 0 Å². The number of nitrogens with zero attached hydrogens (tertiary/aromatic N) is 2. The Hall–Kier alpha value is -3.25. The molecule has 0 saturated carbocycles. The molecule has 0 aromatic heterocycles. The quantitative estimate of drug-likeness (QED) is 0.558. The summed E-state index contributed by atoms with van der Waals surface area (Å²) in [5, 5.41) is 3.02. The molecule has 33 heavy (non-hydrogen) atoms. The molecule has 168 valence electrons. The Morgan fingerprint density at radius 1 is 0.970 bits per heavy atom. The Morgan fingerprint density at radius 3 is 2.45 bits per heavy atom. The van der Waals surface area contributed by atoms with Crippen molar-refractivity contribution in [3.05, 3.63) is 94.5 Å². The van der Waals surface area contributed by atoms with E-state index in [1.54, 1.807) is 16.7 Å². The van der Waals surface area contributed by atoms with Crippen LogP contribution < -0.4 is 10.2 Å². The number of thioether (sulfide) groups is 1. The first kappa shape index (κ1) is 21.6. The summed E-state index contributed by atoms with van der Waals surface area (Å²) in [5.41, 5.74) is 6.90. The van der Waals surface area contributed by atoms with Gasteiger partial charge in [-0.1, -0.05) is 59.7 Å². The number of amides is 3. The van der Waals surface area contributed by atoms with E-state index in [0.717, 1.165) is 39.2 Å². The summed E-state index contributed by atoms with van der Waals surface area (Å²) in [6, 6.07) is 21.8. The van der Waals surface area contributed by atoms with Gasteiger partial charge in [0.1, 0.15) is 0 Å². The van der Waals surface area contributed by atoms with E-state index in [4.69, 9.17) is 0 Å². The van der Waals surface area contributed by atoms with Gasteiger partial charge in [0.05, 0.1) is 12.2 Å². The van der Waals surface area contributed by atoms with Crippen molar-refractivity contribution in [3.63, 3.8) is 0 Å². The fraction of sp³-hybridized carbons (Fsp3) is 0.259. The Labute approximate surface area is 198 Å². The minimum atomic E-state index is -1.04. The van der Waals surface area contributed by atoms with Crippen LogP contribution in [0.5, 0.6) is 0 Å². The molecule has 2 aliphatic heterocycles. The highest BCUT2D eigenvalue weighted by Crippen LogP contribution is 2.54. The van der Waals surface area contributed by atoms with Crippen LogP contribution in [0.15, 0.2) is 66.7 Å². The fourth-order valence-corrected chi connectivity index (χ4v) is 6.24. The number of benzene rings is 3. The molecule has 1 spiro atoms. The second-order valence-electron chi connectivity index (χ2n) is 8.84. The van der Waals surface area contributed by atoms with E-state index in [1.807, 2.05) is 67.3 Å². The Morgan fingerprint density at radius 2 is 1.70 bits per heavy atom. The molecule has 6 heteroatoms. The molecule has 1 unspecified atom stereocenters. The molecular weight excluding hydrogens is 430 g/mol. The van der Waals surface area contributed by atoms with Crippen LogP contribution in [0.3, 0.4) is 0 Å². The van der Waals surface area contributed by atoms with E-state index >= 15 is 0 Å². The van der Waals surface area contributed by atoms with E-state index in [1.165, 1.54) is 0 Å². The van der Waals surface area contributed by atoms with Crippen molar-refractivity contribution >= 4 is 35.1 Å². The van der Waals surface area contributed by atoms with E-state index in [0.29, 0.717) is 18.8 Å². The minimum Gasteiger partial charge on any atom is -0.308 e. The first-order valence-electron chi connectivity index (χ1n) is 11.2. The minimum absolute atomic E-state index is 0.0495. The number of hydrogen-bond donors (Lipinski definition) is 1. The molecule has 3 aromatic carbocycles. The number of fused-ring (bicyclic) bond motifs is 2. The number of nitrogens with one attached hydrogen (secondary N) is 1. The van der Waals surface area contributed by atoms with Gasteiger partial charge in [0.25, 0.3) is 5.91 Å². The van der Waals surface area contributed by atoms with Gasteiger partial charge in [-0.2, -0.15) is 0 Å². The van der Waals surface area contributed by atoms with E-state index in [-0.39, 0.29) is 11.9 Å². The largest absolute Gasteiger partial charge is 0.323 e. The van der Waals surface area contributed by atoms with Gasteiger partial charge in [-0.05, 0) is 50.1 Å². The topological polar surface area (TPSA) is 52.7 Å². The average Bonchev–Trinajstić information content (AvgIpc) is 3.31. The molecule has 5 nitrogen and oxygen atoms in total. The van der Waals surface area contributed by atoms with Crippen LogP contribution in [0.4, 0.5) is 16.2 Å². The second kappa shape index (κ2) is 8.27. The van der Waals surface area contributed by atoms with Crippen LogP contribution >= 0.6 is 11.8 Å². The summed E-state index contributed by atoms with van der Waals surface area (Å²) in [7, 11) is 0. The normalized spacial score (nSPS) is 19.3. The molecule has 3 amide bonds. The maximum Gasteiger partial charge on any atom is 0.323 e. The van der Waals surface area contributed by atoms with Crippen molar-refractivity contribution < 1.29 is 9.59 Å². The van der Waals surface area contributed by atoms with Gasteiger partial charge in [0, 0.05) is 23.5 Å². The second-order valence-corrected chi connectivity index (χ2v) is 10.1. The number of anilines is 2. The molecule has 2 aliphatic rings. The lowest BCUT2D eigenvalue weighted by molar-refractivity contribution is -0.123. The maximum absolute atomic E-state index is 14.1. The summed E-state index contributed by atoms with van der Waals surface area (Å²) in [6.45, 7) is 7.06. The lowest BCUT2D eigenvalue weighted by Crippen LogP contribution is -2.51. The Kier molecular flexibility index (Phi) is 5.41. The maximum atomic E-state index is 14.1. The number of carbonyl (C=O) groups is 2. The first-order chi connectivity index (χ1) is 15.9. The molecule has 3 aromatic rings. The molecule has 1 N–H and O–H groups in total. The predicted octanol–water partition coefficient (Wildman–Crippen LogP) is 5.59. The smallest absolute Gasteiger partial charge is 0.308 e. The van der Waals surface area contributed by atoms with Crippen molar-refractivity contribution in [2.75, 3.05) is 22.5 Å². The zero-order valence-corrected chi connectivity index (χ0v) is 19.9. The van der Waals surface area contributed by atoms with Crippen LogP contribution in [0, 0.1) is 20.8 Å². The molecular formula is C27H27N3O2S. The molecule has 5 rings (SSSR count). The highest BCUT2D eigenvalue weighted by Gasteiger charge is 2.59. The van der Waals surface area contributed by atoms with Gasteiger partial charge in [0.15, 0.2) is 4.87 Å². The number of aryl methyl sites for hydroxylation is 3. The van der Waals surface area contributed by atoms with Gasteiger partial charge >= 0.3 is 6.03 Å². The molecule has 0 radical (unpaired) electrons. The van der Waals surface area contributed by atoms with Crippen molar-refractivity contribution in [2.24, 2.45) is 0 Å². The van der Waals surface area contributed by atoms with Crippen LogP contribution in [-0.2, 0) is 16.2 Å². The number of urea groups is 1. The lowest BCUT2D eigenvalue weighted by Gasteiger charge is -2.33. The lowest BCUT2D eigenvalue weighted by atomic mass is 10.0. The van der Waals surface area contributed by atoms with E-state index < -0.39 is 4.87 Å². The van der Waals surface area contributed by atoms with Crippen molar-refractivity contribution in [3.8, 4) is 0 Å². The molecule has 0 bridgehead atoms. The third kappa shape index (κ3) is 3.68. The summed E-state index contributed by atoms with van der Waals surface area (Å²) in [6.07, 6.45) is 0. The Bertz CT molecular complexity index is 1260. The van der Waals surface area contributed by atoms with Gasteiger partial charge in [-0.3, -0.25) is 9.69 Å². The summed E-state index contributed by atoms with van der Waals surface area (Å²) >= 11 is 1.55. The molecule has 2 heterocycles. The molecule has 0 aliphatic carbocycles. The van der Waals surface area contributed by atoms with Gasteiger partial charge < -0.3 is 10.2 Å². The van der Waals surface area contributed by atoms with Crippen molar-refractivity contribution in [1.29, 1.82) is 0 Å². The molecule has 1 fully saturated rings. The van der Waals surface area contributed by atoms with Gasteiger partial charge in [0.2, 0.25) is 0 Å². The standard InChI is InChI=1S/C27H27N3O2S/c1-18-6-4-8-21(14-18)17-29-24-11-10-20(3)16-23(24)27(25(29)31)30(12-13-33-27)26(32)28-22-9-5-7-19(2)15-22/h4-11,14-16H,12-13,17H2,1-3H3,(H,28,32). The summed E-state index contributed by atoms with van der Waals surface area (Å²) in [4.78, 5) is 30.1. The first-order valence-corrected chi connectivity index (χ1v) is 12.1. The van der Waals surface area contributed by atoms with E-state index in [9.17, 15) is 9.59 Å². The summed E-state index contributed by atoms with van der Waals surface area (Å²) < 4.78 is 0. The third-order valence-corrected chi connectivity index (χ3v) is 7.71. The van der Waals surface area contributed by atoms with Crippen LogP contribution in [0.2, 0.25) is 0 Å². The average molecular weight is 458 g/mol. The zero-order chi connectivity index (χ0) is 23.2. The SMILES string of the molecule is Cc1cccc(CN2C(=O)C3(SCCN3C(=O)Nc3cccc(C)c3)c3cc(C)ccc32)c1. The highest BCUT2D eigenvalue weighted by molar-refractivity contribution is 8.01. The van der Waals surface area contributed by atoms with Crippen LogP contribution in [0.1, 0.15) is 27.8 Å². The highest BCUT2D eigenvalue weighted by atomic mass is 32.2. The van der Waals surface area contributed by atoms with Crippen molar-refractivity contribution in [1.82, 2.24) is 4.90 Å². The molecule has 1 atom stereocenters. The van der Waals surface area contributed by atoms with E-state index in [2.05, 4.69) is 30.4 Å². The monoisotopic (exact) mass is 457 g/mol. The van der Waals surface area contributed by atoms with Gasteiger partial charge in [-0.15, -0.1) is 11.8 Å². The fourth-order valence-electron chi connectivity index (χ4n) is 4.79. The predicted molar refractivity (Wildman–Crippen MR) is 135 cm³/mol. The van der Waals surface area contributed by atoms with Crippen molar-refractivity contribution in [2.45, 2.75) is 32.2 Å². The third-order valence-electron chi connectivity index (χ3n) is 6.29. The number of carbonyl (C=O) groups excluding carboxylic acids is 2. The zero-order valence-electron chi connectivity index (χ0n) is 19.1. The molecule has 1 saturated heterocycles. The van der Waals surface area contributed by atoms with Gasteiger partial charge in [-0.25, -0.2) is 4.79 Å². The van der Waals surface area contributed by atoms with Crippen LogP contribution in [-0.4, -0.2) is 29.1 Å².